The van der Waals surface area contributed by atoms with Gasteiger partial charge in [-0.15, -0.1) is 0 Å². The van der Waals surface area contributed by atoms with Gasteiger partial charge in [-0.2, -0.15) is 5.48 Å². The van der Waals surface area contributed by atoms with Crippen LogP contribution in [0.3, 0.4) is 0 Å². The van der Waals surface area contributed by atoms with E-state index in [1.165, 1.54) is 44.5 Å². The number of nitrogens with zero attached hydrogens (tertiary/aromatic N) is 1. The summed E-state index contributed by atoms with van der Waals surface area (Å²) in [5.74, 6) is 0.926. The summed E-state index contributed by atoms with van der Waals surface area (Å²) in [6.07, 6.45) is 5.29. The first-order chi connectivity index (χ1) is 8.86. The smallest absolute Gasteiger partial charge is 0.150 e. The Kier molecular flexibility index (Phi) is 5.49. The number of hydrogen-bond donors (Lipinski definition) is 1. The first kappa shape index (κ1) is 13.4. The number of para-hydroxylation sites is 1. The second-order valence-electron chi connectivity index (χ2n) is 5.02. The van der Waals surface area contributed by atoms with Crippen LogP contribution in [0.2, 0.25) is 0 Å². The molecule has 0 aromatic heterocycles. The highest BCUT2D eigenvalue weighted by atomic mass is 16.6. The van der Waals surface area contributed by atoms with Crippen molar-refractivity contribution in [3.63, 3.8) is 0 Å². The van der Waals surface area contributed by atoms with Crippen molar-refractivity contribution < 1.29 is 4.84 Å². The van der Waals surface area contributed by atoms with E-state index in [-0.39, 0.29) is 0 Å². The molecule has 0 bridgehead atoms. The number of benzene rings is 1. The number of aryl methyl sites for hydroxylation is 1. The summed E-state index contributed by atoms with van der Waals surface area (Å²) >= 11 is 0. The zero-order valence-electron chi connectivity index (χ0n) is 11.3. The van der Waals surface area contributed by atoms with Crippen LogP contribution in [0.5, 0.6) is 5.75 Å². The molecule has 0 aliphatic carbocycles. The molecular formula is C15H24N2O. The average Bonchev–Trinajstić information content (AvgIpc) is 2.42. The van der Waals surface area contributed by atoms with Gasteiger partial charge in [0.25, 0.3) is 0 Å². The van der Waals surface area contributed by atoms with Crippen LogP contribution in [-0.2, 0) is 0 Å². The van der Waals surface area contributed by atoms with Gasteiger partial charge in [-0.05, 0) is 57.5 Å². The van der Waals surface area contributed by atoms with Crippen molar-refractivity contribution in [1.82, 2.24) is 10.4 Å². The van der Waals surface area contributed by atoms with Gasteiger partial charge in [-0.3, -0.25) is 0 Å². The highest BCUT2D eigenvalue weighted by Crippen LogP contribution is 2.14. The van der Waals surface area contributed by atoms with E-state index >= 15 is 0 Å². The fraction of sp³-hybridized carbons (Fsp3) is 0.600. The molecule has 1 heterocycles. The summed E-state index contributed by atoms with van der Waals surface area (Å²) in [4.78, 5) is 8.11. The Hall–Kier alpha value is -1.06. The van der Waals surface area contributed by atoms with Crippen molar-refractivity contribution in [2.45, 2.75) is 32.6 Å². The Morgan fingerprint density at radius 1 is 1.17 bits per heavy atom. The maximum absolute atomic E-state index is 5.56. The lowest BCUT2D eigenvalue weighted by molar-refractivity contribution is 0.175. The predicted molar refractivity (Wildman–Crippen MR) is 74.7 cm³/mol. The van der Waals surface area contributed by atoms with Gasteiger partial charge < -0.3 is 9.74 Å². The maximum Gasteiger partial charge on any atom is 0.150 e. The van der Waals surface area contributed by atoms with E-state index in [0.717, 1.165) is 18.7 Å². The van der Waals surface area contributed by atoms with E-state index in [4.69, 9.17) is 4.84 Å². The third-order valence-corrected chi connectivity index (χ3v) is 3.48. The van der Waals surface area contributed by atoms with E-state index in [0.29, 0.717) is 0 Å². The van der Waals surface area contributed by atoms with Crippen LogP contribution in [0.15, 0.2) is 24.3 Å². The Morgan fingerprint density at radius 3 is 2.72 bits per heavy atom. The second kappa shape index (κ2) is 7.39. The van der Waals surface area contributed by atoms with Gasteiger partial charge in [-0.25, -0.2) is 0 Å². The molecular weight excluding hydrogens is 224 g/mol. The normalized spacial score (nSPS) is 16.7. The van der Waals surface area contributed by atoms with E-state index in [1.807, 2.05) is 18.2 Å². The van der Waals surface area contributed by atoms with E-state index in [2.05, 4.69) is 23.4 Å². The molecule has 0 saturated carbocycles. The number of hydroxylamine groups is 1. The van der Waals surface area contributed by atoms with Crippen molar-refractivity contribution in [1.29, 1.82) is 0 Å². The van der Waals surface area contributed by atoms with Gasteiger partial charge in [-0.1, -0.05) is 24.6 Å². The maximum atomic E-state index is 5.56. The molecule has 1 aromatic carbocycles. The third-order valence-electron chi connectivity index (χ3n) is 3.48. The molecule has 0 unspecified atom stereocenters. The summed E-state index contributed by atoms with van der Waals surface area (Å²) in [6, 6.07) is 8.08. The minimum atomic E-state index is 0.908. The van der Waals surface area contributed by atoms with Crippen molar-refractivity contribution >= 4 is 0 Å². The first-order valence-corrected chi connectivity index (χ1v) is 7.04. The quantitative estimate of drug-likeness (QED) is 0.619. The molecule has 3 nitrogen and oxygen atoms in total. The minimum absolute atomic E-state index is 0.908. The molecule has 1 N–H and O–H groups in total. The highest BCUT2D eigenvalue weighted by Gasteiger charge is 2.08. The largest absolute Gasteiger partial charge is 0.408 e. The van der Waals surface area contributed by atoms with E-state index < -0.39 is 0 Å². The summed E-state index contributed by atoms with van der Waals surface area (Å²) in [6.45, 7) is 6.71. The Bertz CT molecular complexity index is 348. The van der Waals surface area contributed by atoms with E-state index in [1.54, 1.807) is 0 Å². The summed E-state index contributed by atoms with van der Waals surface area (Å²) < 4.78 is 0. The van der Waals surface area contributed by atoms with Gasteiger partial charge in [0, 0.05) is 6.54 Å². The monoisotopic (exact) mass is 248 g/mol. The molecule has 3 heteroatoms. The molecule has 0 atom stereocenters. The first-order valence-electron chi connectivity index (χ1n) is 7.04. The molecule has 0 spiro atoms. The zero-order valence-corrected chi connectivity index (χ0v) is 11.3. The molecule has 1 aromatic rings. The van der Waals surface area contributed by atoms with Gasteiger partial charge in [0.2, 0.25) is 0 Å². The number of likely N-dealkylation sites (tertiary alicyclic amines) is 1. The molecule has 1 fully saturated rings. The van der Waals surface area contributed by atoms with Crippen LogP contribution in [0.4, 0.5) is 0 Å². The van der Waals surface area contributed by atoms with Crippen molar-refractivity contribution in [2.24, 2.45) is 0 Å². The van der Waals surface area contributed by atoms with Gasteiger partial charge in [0.15, 0.2) is 0 Å². The lowest BCUT2D eigenvalue weighted by atomic mass is 10.1. The average molecular weight is 248 g/mol. The van der Waals surface area contributed by atoms with Crippen LogP contribution in [0.1, 0.15) is 31.2 Å². The Morgan fingerprint density at radius 2 is 1.94 bits per heavy atom. The minimum Gasteiger partial charge on any atom is -0.408 e. The number of piperidine rings is 1. The van der Waals surface area contributed by atoms with E-state index in [9.17, 15) is 0 Å². The van der Waals surface area contributed by atoms with Gasteiger partial charge in [0.1, 0.15) is 5.75 Å². The van der Waals surface area contributed by atoms with Gasteiger partial charge in [0.05, 0.1) is 0 Å². The molecule has 1 aliphatic heterocycles. The fourth-order valence-corrected chi connectivity index (χ4v) is 2.36. The van der Waals surface area contributed by atoms with Gasteiger partial charge >= 0.3 is 0 Å². The summed E-state index contributed by atoms with van der Waals surface area (Å²) in [5.41, 5.74) is 4.22. The Balaban J connectivity index is 1.57. The highest BCUT2D eigenvalue weighted by molar-refractivity contribution is 5.31. The lowest BCUT2D eigenvalue weighted by Crippen LogP contribution is -2.32. The molecule has 0 amide bonds. The standard InChI is InChI=1S/C15H24N2O/c1-14-8-3-4-9-15(14)18-16-10-7-13-17-11-5-2-6-12-17/h3-4,8-9,16H,2,5-7,10-13H2,1H3. The topological polar surface area (TPSA) is 24.5 Å². The molecule has 0 radical (unpaired) electrons. The third kappa shape index (κ3) is 4.31. The zero-order chi connectivity index (χ0) is 12.6. The number of hydrogen-bond acceptors (Lipinski definition) is 3. The fourth-order valence-electron chi connectivity index (χ4n) is 2.36. The summed E-state index contributed by atoms with van der Waals surface area (Å²) in [5, 5.41) is 0. The number of rotatable bonds is 6. The predicted octanol–water partition coefficient (Wildman–Crippen LogP) is 2.75. The van der Waals surface area contributed by atoms with Crippen LogP contribution < -0.4 is 10.3 Å². The lowest BCUT2D eigenvalue weighted by Gasteiger charge is -2.26. The van der Waals surface area contributed by atoms with Crippen LogP contribution >= 0.6 is 0 Å². The van der Waals surface area contributed by atoms with Crippen molar-refractivity contribution in [3.05, 3.63) is 29.8 Å². The van der Waals surface area contributed by atoms with Crippen LogP contribution in [0, 0.1) is 6.92 Å². The number of nitrogens with one attached hydrogen (secondary N) is 1. The molecule has 1 saturated heterocycles. The van der Waals surface area contributed by atoms with Crippen molar-refractivity contribution in [3.8, 4) is 5.75 Å². The molecule has 1 aliphatic rings. The molecule has 18 heavy (non-hydrogen) atoms. The van der Waals surface area contributed by atoms with Crippen LogP contribution in [0.25, 0.3) is 0 Å². The molecule has 100 valence electrons. The second-order valence-corrected chi connectivity index (χ2v) is 5.02. The van der Waals surface area contributed by atoms with Crippen LogP contribution in [-0.4, -0.2) is 31.1 Å². The molecule has 2 rings (SSSR count). The summed E-state index contributed by atoms with van der Waals surface area (Å²) in [7, 11) is 0. The SMILES string of the molecule is Cc1ccccc1ONCCCN1CCCCC1. The van der Waals surface area contributed by atoms with Crippen molar-refractivity contribution in [2.75, 3.05) is 26.2 Å². The Labute approximate surface area is 110 Å².